The minimum atomic E-state index is -4.99. The summed E-state index contributed by atoms with van der Waals surface area (Å²) in [7, 11) is 0. The summed E-state index contributed by atoms with van der Waals surface area (Å²) in [5.74, 6) is -2.68. The van der Waals surface area contributed by atoms with Crippen LogP contribution < -0.4 is 9.79 Å². The molecule has 1 heterocycles. The van der Waals surface area contributed by atoms with Crippen molar-refractivity contribution in [2.24, 2.45) is 4.99 Å². The average Bonchev–Trinajstić information content (AvgIpc) is 2.50. The van der Waals surface area contributed by atoms with Crippen LogP contribution in [-0.2, 0) is 0 Å². The quantitative estimate of drug-likeness (QED) is 0.416. The van der Waals surface area contributed by atoms with Crippen molar-refractivity contribution in [3.05, 3.63) is 6.20 Å². The molecule has 0 saturated carbocycles. The highest BCUT2D eigenvalue weighted by molar-refractivity contribution is 5.79. The summed E-state index contributed by atoms with van der Waals surface area (Å²) >= 11 is 0. The van der Waals surface area contributed by atoms with Crippen molar-refractivity contribution in [2.75, 3.05) is 0 Å². The number of halogens is 3. The molecule has 0 aromatic carbocycles. The van der Waals surface area contributed by atoms with Gasteiger partial charge in [-0.05, 0) is 18.5 Å². The molecule has 0 aliphatic carbocycles. The van der Waals surface area contributed by atoms with E-state index in [0.29, 0.717) is 0 Å². The van der Waals surface area contributed by atoms with E-state index in [0.717, 1.165) is 6.20 Å². The number of aliphatic imine (C=N–C) groups is 1. The molecule has 8 heteroatoms. The molecule has 0 radical (unpaired) electrons. The first kappa shape index (κ1) is 11.5. The predicted molar refractivity (Wildman–Crippen MR) is 40.2 cm³/mol. The maximum atomic E-state index is 11.8. The number of nitrogens with zero attached hydrogens (tertiary/aromatic N) is 3. The first-order chi connectivity index (χ1) is 6.80. The molecule has 84 valence electrons. The van der Waals surface area contributed by atoms with Gasteiger partial charge in [0.25, 0.3) is 6.20 Å². The van der Waals surface area contributed by atoms with Gasteiger partial charge in [-0.25, -0.2) is 4.99 Å². The molecule has 0 amide bonds. The molecule has 0 spiro atoms. The minimum Gasteiger partial charge on any atom is -0.855 e. The SMILES string of the molecule is CC(C)[n+]1cc(/N=C(\[O-])C(F)(F)F)on1. The van der Waals surface area contributed by atoms with Gasteiger partial charge in [0, 0.05) is 0 Å². The molecule has 0 atom stereocenters. The smallest absolute Gasteiger partial charge is 0.419 e. The van der Waals surface area contributed by atoms with Crippen LogP contribution in [0.3, 0.4) is 0 Å². The van der Waals surface area contributed by atoms with Crippen LogP contribution in [0.2, 0.25) is 0 Å². The van der Waals surface area contributed by atoms with Crippen LogP contribution in [-0.4, -0.2) is 17.3 Å². The molecule has 1 rings (SSSR count). The van der Waals surface area contributed by atoms with Crippen LogP contribution in [0.25, 0.3) is 0 Å². The summed E-state index contributed by atoms with van der Waals surface area (Å²) in [5, 5.41) is 13.8. The van der Waals surface area contributed by atoms with Crippen LogP contribution in [0.1, 0.15) is 19.9 Å². The Balaban J connectivity index is 2.90. The number of hydrogen-bond acceptors (Lipinski definition) is 4. The van der Waals surface area contributed by atoms with Gasteiger partial charge in [-0.2, -0.15) is 13.2 Å². The Morgan fingerprint density at radius 3 is 2.60 bits per heavy atom. The van der Waals surface area contributed by atoms with Crippen LogP contribution in [0, 0.1) is 0 Å². The Hall–Kier alpha value is -1.60. The summed E-state index contributed by atoms with van der Waals surface area (Å²) in [4.78, 5) is 2.72. The molecule has 5 nitrogen and oxygen atoms in total. The summed E-state index contributed by atoms with van der Waals surface area (Å²) in [6.07, 6.45) is -3.87. The summed E-state index contributed by atoms with van der Waals surface area (Å²) in [5.41, 5.74) is 0. The maximum Gasteiger partial charge on any atom is 0.419 e. The van der Waals surface area contributed by atoms with E-state index in [9.17, 15) is 18.3 Å². The Bertz CT molecular complexity index is 370. The molecule has 1 aromatic heterocycles. The third-order valence-electron chi connectivity index (χ3n) is 1.45. The second-order valence-electron chi connectivity index (χ2n) is 3.03. The second kappa shape index (κ2) is 3.87. The Kier molecular flexibility index (Phi) is 2.96. The lowest BCUT2D eigenvalue weighted by Crippen LogP contribution is -2.37. The van der Waals surface area contributed by atoms with E-state index < -0.39 is 18.0 Å². The average molecular weight is 223 g/mol. The van der Waals surface area contributed by atoms with Gasteiger partial charge < -0.3 is 5.11 Å². The zero-order valence-electron chi connectivity index (χ0n) is 7.95. The van der Waals surface area contributed by atoms with Crippen LogP contribution in [0.15, 0.2) is 15.7 Å². The van der Waals surface area contributed by atoms with Crippen molar-refractivity contribution in [3.8, 4) is 0 Å². The van der Waals surface area contributed by atoms with Crippen LogP contribution in [0.5, 0.6) is 0 Å². The topological polar surface area (TPSA) is 65.3 Å². The second-order valence-corrected chi connectivity index (χ2v) is 3.03. The van der Waals surface area contributed by atoms with E-state index in [2.05, 4.69) is 14.8 Å². The first-order valence-electron chi connectivity index (χ1n) is 4.01. The molecular weight excluding hydrogens is 215 g/mol. The number of aromatic nitrogens is 2. The summed E-state index contributed by atoms with van der Waals surface area (Å²) in [6, 6.07) is -0.0845. The van der Waals surface area contributed by atoms with Crippen molar-refractivity contribution in [1.29, 1.82) is 0 Å². The molecular formula is C7H8F3N3O2. The maximum absolute atomic E-state index is 11.8. The molecule has 0 fully saturated rings. The van der Waals surface area contributed by atoms with Gasteiger partial charge in [0.05, 0.1) is 5.90 Å². The van der Waals surface area contributed by atoms with E-state index in [-0.39, 0.29) is 6.04 Å². The fraction of sp³-hybridized carbons (Fsp3) is 0.571. The Morgan fingerprint density at radius 2 is 2.20 bits per heavy atom. The fourth-order valence-corrected chi connectivity index (χ4v) is 0.705. The number of hydrogen-bond donors (Lipinski definition) is 0. The van der Waals surface area contributed by atoms with Crippen molar-refractivity contribution in [1.82, 2.24) is 5.27 Å². The molecule has 0 unspecified atom stereocenters. The van der Waals surface area contributed by atoms with Gasteiger partial charge in [0.1, 0.15) is 0 Å². The summed E-state index contributed by atoms with van der Waals surface area (Å²) in [6.45, 7) is 3.50. The third kappa shape index (κ3) is 2.93. The van der Waals surface area contributed by atoms with E-state index in [1.807, 2.05) is 0 Å². The van der Waals surface area contributed by atoms with Gasteiger partial charge in [-0.15, -0.1) is 0 Å². The molecule has 0 bridgehead atoms. The van der Waals surface area contributed by atoms with Crippen molar-refractivity contribution in [2.45, 2.75) is 26.1 Å². The lowest BCUT2D eigenvalue weighted by molar-refractivity contribution is -0.779. The van der Waals surface area contributed by atoms with Crippen molar-refractivity contribution in [3.63, 3.8) is 0 Å². The van der Waals surface area contributed by atoms with Crippen LogP contribution in [0.4, 0.5) is 19.1 Å². The van der Waals surface area contributed by atoms with Gasteiger partial charge in [0.15, 0.2) is 6.04 Å². The highest BCUT2D eigenvalue weighted by atomic mass is 19.4. The molecule has 0 aliphatic rings. The lowest BCUT2D eigenvalue weighted by Gasteiger charge is -2.11. The van der Waals surface area contributed by atoms with E-state index in [1.165, 1.54) is 4.68 Å². The highest BCUT2D eigenvalue weighted by Gasteiger charge is 2.29. The fourth-order valence-electron chi connectivity index (χ4n) is 0.705. The molecule has 0 aliphatic heterocycles. The van der Waals surface area contributed by atoms with Crippen LogP contribution >= 0.6 is 0 Å². The zero-order chi connectivity index (χ0) is 11.6. The third-order valence-corrected chi connectivity index (χ3v) is 1.45. The highest BCUT2D eigenvalue weighted by Crippen LogP contribution is 2.17. The number of alkyl halides is 3. The van der Waals surface area contributed by atoms with Gasteiger partial charge in [-0.3, -0.25) is 4.52 Å². The molecule has 15 heavy (non-hydrogen) atoms. The largest absolute Gasteiger partial charge is 0.855 e. The minimum absolute atomic E-state index is 0.0845. The van der Waals surface area contributed by atoms with Crippen molar-refractivity contribution < 1.29 is 27.5 Å². The van der Waals surface area contributed by atoms with E-state index in [1.54, 1.807) is 13.8 Å². The van der Waals surface area contributed by atoms with E-state index >= 15 is 0 Å². The monoisotopic (exact) mass is 223 g/mol. The molecule has 1 aromatic rings. The standard InChI is InChI=1S/C7H8F3N3O2/c1-4(2)13-3-5(15-12-13)11-6(14)7(8,9)10/h3-4H,1-2H3. The Labute approximate surface area is 82.8 Å². The van der Waals surface area contributed by atoms with Gasteiger partial charge >= 0.3 is 12.1 Å². The number of rotatable bonds is 2. The van der Waals surface area contributed by atoms with Crippen molar-refractivity contribution >= 4 is 11.8 Å². The van der Waals surface area contributed by atoms with Gasteiger partial charge in [-0.1, -0.05) is 0 Å². The van der Waals surface area contributed by atoms with E-state index in [4.69, 9.17) is 0 Å². The summed E-state index contributed by atoms with van der Waals surface area (Å²) < 4.78 is 41.0. The predicted octanol–water partition coefficient (Wildman–Crippen LogP) is 0.496. The Morgan fingerprint density at radius 1 is 1.60 bits per heavy atom. The zero-order valence-corrected chi connectivity index (χ0v) is 7.95. The lowest BCUT2D eigenvalue weighted by atomic mass is 10.4. The molecule has 0 saturated heterocycles. The van der Waals surface area contributed by atoms with Gasteiger partial charge in [0.2, 0.25) is 5.27 Å². The normalized spacial score (nSPS) is 13.6. The molecule has 0 N–H and O–H groups in total. The first-order valence-corrected chi connectivity index (χ1v) is 4.01.